The van der Waals surface area contributed by atoms with Crippen molar-refractivity contribution in [2.75, 3.05) is 11.5 Å². The highest BCUT2D eigenvalue weighted by atomic mass is 79.9. The third-order valence-corrected chi connectivity index (χ3v) is 5.82. The van der Waals surface area contributed by atoms with Crippen LogP contribution in [0.4, 0.5) is 11.4 Å². The minimum absolute atomic E-state index is 0.154. The van der Waals surface area contributed by atoms with Gasteiger partial charge in [-0.1, -0.05) is 12.2 Å². The van der Waals surface area contributed by atoms with E-state index in [0.29, 0.717) is 0 Å². The molecule has 1 aromatic carbocycles. The fraction of sp³-hybridized carbons (Fsp3) is 0.375. The lowest BCUT2D eigenvalue weighted by molar-refractivity contribution is -0.384. The molecule has 2 saturated heterocycles. The van der Waals surface area contributed by atoms with Gasteiger partial charge in [0, 0.05) is 16.6 Å². The molecule has 0 radical (unpaired) electrons. The molecular weight excluding hydrogens is 396 g/mol. The number of carbonyl (C=O) groups excluding carboxylic acids is 2. The molecule has 1 aromatic rings. The first kappa shape index (κ1) is 16.4. The molecule has 2 bridgehead atoms. The van der Waals surface area contributed by atoms with Gasteiger partial charge in [-0.15, -0.1) is 0 Å². The monoisotopic (exact) mass is 408 g/mol. The van der Waals surface area contributed by atoms with Crippen LogP contribution >= 0.6 is 15.9 Å². The van der Waals surface area contributed by atoms with Crippen LogP contribution < -0.4 is 4.90 Å². The maximum atomic E-state index is 13.0. The summed E-state index contributed by atoms with van der Waals surface area (Å²) in [5.74, 6) is -2.47. The Hall–Kier alpha value is -2.10. The van der Waals surface area contributed by atoms with Crippen molar-refractivity contribution in [1.82, 2.24) is 0 Å². The number of carbonyl (C=O) groups is 2. The Balaban J connectivity index is 1.79. The van der Waals surface area contributed by atoms with Crippen LogP contribution in [0.2, 0.25) is 0 Å². The Morgan fingerprint density at radius 1 is 1.32 bits per heavy atom. The molecule has 3 aliphatic heterocycles. The predicted molar refractivity (Wildman–Crippen MR) is 88.7 cm³/mol. The van der Waals surface area contributed by atoms with Gasteiger partial charge in [0.25, 0.3) is 5.69 Å². The SMILES string of the molecule is C[C@@]12C=C[C@@](CO)(O1)[C@H]1C(=O)N(c3ccc([N+](=O)[O-])cc3Br)C(=O)[C@H]12. The second-order valence-corrected chi connectivity index (χ2v) is 7.45. The first-order chi connectivity index (χ1) is 11.7. The number of nitro groups is 1. The Morgan fingerprint density at radius 3 is 2.60 bits per heavy atom. The Morgan fingerprint density at radius 2 is 2.00 bits per heavy atom. The second-order valence-electron chi connectivity index (χ2n) is 6.59. The van der Waals surface area contributed by atoms with Crippen LogP contribution in [-0.2, 0) is 14.3 Å². The summed E-state index contributed by atoms with van der Waals surface area (Å²) in [5.41, 5.74) is -2.07. The number of amides is 2. The van der Waals surface area contributed by atoms with Gasteiger partial charge in [0.2, 0.25) is 11.8 Å². The lowest BCUT2D eigenvalue weighted by Crippen LogP contribution is -2.43. The number of aliphatic hydroxyl groups is 1. The van der Waals surface area contributed by atoms with Gasteiger partial charge >= 0.3 is 0 Å². The summed E-state index contributed by atoms with van der Waals surface area (Å²) in [4.78, 5) is 37.3. The van der Waals surface area contributed by atoms with E-state index in [2.05, 4.69) is 15.9 Å². The standard InChI is InChI=1S/C16H13BrN2O6/c1-15-4-5-16(7-20,25-15)12-11(15)13(21)18(14(12)22)10-3-2-8(19(23)24)6-9(10)17/h2-6,11-12,20H,7H2,1H3/t11-,12+,15-,16-/m0/s1. The van der Waals surface area contributed by atoms with Crippen molar-refractivity contribution in [3.63, 3.8) is 0 Å². The third kappa shape index (κ3) is 1.94. The zero-order valence-corrected chi connectivity index (χ0v) is 14.6. The smallest absolute Gasteiger partial charge is 0.270 e. The summed E-state index contributed by atoms with van der Waals surface area (Å²) in [7, 11) is 0. The van der Waals surface area contributed by atoms with Crippen LogP contribution in [0.25, 0.3) is 0 Å². The van der Waals surface area contributed by atoms with Crippen LogP contribution in [0.1, 0.15) is 6.92 Å². The number of non-ortho nitro benzene ring substituents is 1. The molecule has 0 saturated carbocycles. The number of rotatable bonds is 3. The molecule has 8 nitrogen and oxygen atoms in total. The van der Waals surface area contributed by atoms with Crippen LogP contribution in [0.3, 0.4) is 0 Å². The largest absolute Gasteiger partial charge is 0.393 e. The topological polar surface area (TPSA) is 110 Å². The molecule has 25 heavy (non-hydrogen) atoms. The van der Waals surface area contributed by atoms with E-state index in [-0.39, 0.29) is 15.8 Å². The molecule has 1 N–H and O–H groups in total. The summed E-state index contributed by atoms with van der Waals surface area (Å²) in [5, 5.41) is 20.7. The number of aliphatic hydroxyl groups excluding tert-OH is 1. The Labute approximate surface area is 150 Å². The van der Waals surface area contributed by atoms with Crippen molar-refractivity contribution in [3.8, 4) is 0 Å². The average Bonchev–Trinajstić information content (AvgIpc) is 3.14. The first-order valence-corrected chi connectivity index (χ1v) is 8.36. The summed E-state index contributed by atoms with van der Waals surface area (Å²) in [6.45, 7) is 1.31. The summed E-state index contributed by atoms with van der Waals surface area (Å²) >= 11 is 3.20. The number of hydrogen-bond acceptors (Lipinski definition) is 6. The minimum atomic E-state index is -1.20. The number of imide groups is 1. The molecule has 0 unspecified atom stereocenters. The molecule has 0 spiro atoms. The maximum Gasteiger partial charge on any atom is 0.270 e. The highest BCUT2D eigenvalue weighted by molar-refractivity contribution is 9.10. The van der Waals surface area contributed by atoms with Crippen molar-refractivity contribution in [2.24, 2.45) is 11.8 Å². The molecule has 4 atom stereocenters. The number of hydrogen-bond donors (Lipinski definition) is 1. The van der Waals surface area contributed by atoms with Gasteiger partial charge in [-0.3, -0.25) is 19.7 Å². The maximum absolute atomic E-state index is 13.0. The zero-order valence-electron chi connectivity index (χ0n) is 13.0. The molecule has 0 aliphatic carbocycles. The fourth-order valence-electron chi connectivity index (χ4n) is 4.07. The van der Waals surface area contributed by atoms with Gasteiger partial charge in [-0.2, -0.15) is 0 Å². The number of anilines is 1. The molecule has 9 heteroatoms. The minimum Gasteiger partial charge on any atom is -0.393 e. The van der Waals surface area contributed by atoms with E-state index < -0.39 is 46.4 Å². The number of fused-ring (bicyclic) bond motifs is 5. The molecule has 3 aliphatic rings. The lowest BCUT2D eigenvalue weighted by Gasteiger charge is -2.27. The number of nitrogens with zero attached hydrogens (tertiary/aromatic N) is 2. The number of halogens is 1. The van der Waals surface area contributed by atoms with E-state index in [4.69, 9.17) is 4.74 Å². The van der Waals surface area contributed by atoms with Crippen molar-refractivity contribution in [2.45, 2.75) is 18.1 Å². The van der Waals surface area contributed by atoms with E-state index in [1.807, 2.05) is 0 Å². The van der Waals surface area contributed by atoms with Gasteiger partial charge in [0.1, 0.15) is 5.60 Å². The Bertz CT molecular complexity index is 870. The molecule has 3 heterocycles. The van der Waals surface area contributed by atoms with Gasteiger partial charge < -0.3 is 9.84 Å². The van der Waals surface area contributed by atoms with Gasteiger partial charge in [-0.25, -0.2) is 4.90 Å². The predicted octanol–water partition coefficient (Wildman–Crippen LogP) is 1.55. The second kappa shape index (κ2) is 4.96. The third-order valence-electron chi connectivity index (χ3n) is 5.19. The van der Waals surface area contributed by atoms with Gasteiger partial charge in [0.15, 0.2) is 0 Å². The lowest BCUT2D eigenvalue weighted by atomic mass is 9.73. The van der Waals surface area contributed by atoms with Crippen molar-refractivity contribution >= 4 is 39.1 Å². The van der Waals surface area contributed by atoms with Crippen molar-refractivity contribution in [3.05, 3.63) is 44.9 Å². The molecule has 0 aromatic heterocycles. The van der Waals surface area contributed by atoms with Crippen LogP contribution in [0, 0.1) is 22.0 Å². The van der Waals surface area contributed by atoms with Gasteiger partial charge in [0.05, 0.1) is 34.7 Å². The fourth-order valence-corrected chi connectivity index (χ4v) is 4.61. The van der Waals surface area contributed by atoms with E-state index in [9.17, 15) is 24.8 Å². The molecule has 130 valence electrons. The highest BCUT2D eigenvalue weighted by Gasteiger charge is 2.72. The first-order valence-electron chi connectivity index (χ1n) is 7.57. The van der Waals surface area contributed by atoms with E-state index in [1.165, 1.54) is 18.2 Å². The van der Waals surface area contributed by atoms with Crippen molar-refractivity contribution < 1.29 is 24.4 Å². The van der Waals surface area contributed by atoms with E-state index >= 15 is 0 Å². The number of nitro benzene ring substituents is 1. The van der Waals surface area contributed by atoms with Crippen LogP contribution in [-0.4, -0.2) is 39.7 Å². The Kier molecular flexibility index (Phi) is 3.25. The van der Waals surface area contributed by atoms with E-state index in [1.54, 1.807) is 19.1 Å². The van der Waals surface area contributed by atoms with Gasteiger partial charge in [-0.05, 0) is 28.9 Å². The highest BCUT2D eigenvalue weighted by Crippen LogP contribution is 2.57. The summed E-state index contributed by atoms with van der Waals surface area (Å²) in [6.07, 6.45) is 3.36. The average molecular weight is 409 g/mol. The quantitative estimate of drug-likeness (QED) is 0.351. The number of ether oxygens (including phenoxy) is 1. The van der Waals surface area contributed by atoms with Crippen LogP contribution in [0.5, 0.6) is 0 Å². The zero-order chi connectivity index (χ0) is 18.1. The summed E-state index contributed by atoms with van der Waals surface area (Å²) < 4.78 is 6.11. The molecular formula is C16H13BrN2O6. The molecule has 2 amide bonds. The molecule has 2 fully saturated rings. The van der Waals surface area contributed by atoms with Crippen molar-refractivity contribution in [1.29, 1.82) is 0 Å². The van der Waals surface area contributed by atoms with E-state index in [0.717, 1.165) is 4.90 Å². The molecule has 4 rings (SSSR count). The van der Waals surface area contributed by atoms with Crippen LogP contribution in [0.15, 0.2) is 34.8 Å². The number of benzene rings is 1. The normalized spacial score (nSPS) is 35.6. The summed E-state index contributed by atoms with van der Waals surface area (Å²) in [6, 6.07) is 3.85.